The van der Waals surface area contributed by atoms with E-state index < -0.39 is 0 Å². The molecule has 0 spiro atoms. The van der Waals surface area contributed by atoms with Gasteiger partial charge in [-0.2, -0.15) is 0 Å². The fraction of sp³-hybridized carbons (Fsp3) is 0.333. The minimum Gasteiger partial charge on any atom is -0.285 e. The smallest absolute Gasteiger partial charge is 0.213 e. The third-order valence-electron chi connectivity index (χ3n) is 3.22. The monoisotopic (exact) mass is 231 g/mol. The van der Waals surface area contributed by atoms with Crippen LogP contribution in [-0.2, 0) is 6.42 Å². The molecule has 1 aromatic heterocycles. The van der Waals surface area contributed by atoms with Gasteiger partial charge in [-0.1, -0.05) is 24.3 Å². The van der Waals surface area contributed by atoms with E-state index in [1.165, 1.54) is 24.0 Å². The highest BCUT2D eigenvalue weighted by molar-refractivity contribution is 7.71. The van der Waals surface area contributed by atoms with Gasteiger partial charge in [-0.25, -0.2) is 4.98 Å². The quantitative estimate of drug-likeness (QED) is 0.741. The molecule has 0 bridgehead atoms. The Hall–Kier alpha value is -1.42. The van der Waals surface area contributed by atoms with Crippen LogP contribution in [0.15, 0.2) is 24.3 Å². The molecule has 0 radical (unpaired) electrons. The number of aromatic amines is 2. The molecule has 1 aromatic carbocycles. The molecule has 0 amide bonds. The Morgan fingerprint density at radius 2 is 2.12 bits per heavy atom. The summed E-state index contributed by atoms with van der Waals surface area (Å²) in [6.07, 6.45) is 3.54. The summed E-state index contributed by atoms with van der Waals surface area (Å²) in [6, 6.07) is 8.61. The van der Waals surface area contributed by atoms with E-state index in [1.807, 2.05) is 0 Å². The molecular weight excluding hydrogens is 218 g/mol. The van der Waals surface area contributed by atoms with Crippen LogP contribution in [0.3, 0.4) is 0 Å². The van der Waals surface area contributed by atoms with Crippen molar-refractivity contribution in [3.63, 3.8) is 0 Å². The second kappa shape index (κ2) is 3.87. The van der Waals surface area contributed by atoms with Crippen LogP contribution in [0.2, 0.25) is 0 Å². The van der Waals surface area contributed by atoms with Crippen LogP contribution in [-0.4, -0.2) is 15.2 Å². The Morgan fingerprint density at radius 1 is 1.25 bits per heavy atom. The summed E-state index contributed by atoms with van der Waals surface area (Å²) < 4.78 is 0.540. The van der Waals surface area contributed by atoms with Crippen LogP contribution in [0.25, 0.3) is 0 Å². The zero-order chi connectivity index (χ0) is 11.0. The largest absolute Gasteiger partial charge is 0.285 e. The maximum Gasteiger partial charge on any atom is 0.213 e. The minimum atomic E-state index is 0.373. The first-order chi connectivity index (χ1) is 7.84. The number of fused-ring (bicyclic) bond motifs is 1. The summed E-state index contributed by atoms with van der Waals surface area (Å²) in [5, 5.41) is 5.95. The topological polar surface area (TPSA) is 44.5 Å². The zero-order valence-corrected chi connectivity index (χ0v) is 9.68. The molecular formula is C12H13N3S. The molecule has 16 heavy (non-hydrogen) atoms. The van der Waals surface area contributed by atoms with Gasteiger partial charge in [0.05, 0.1) is 0 Å². The van der Waals surface area contributed by atoms with E-state index in [1.54, 1.807) is 0 Å². The summed E-state index contributed by atoms with van der Waals surface area (Å²) in [6.45, 7) is 0. The summed E-state index contributed by atoms with van der Waals surface area (Å²) >= 11 is 5.00. The van der Waals surface area contributed by atoms with Crippen molar-refractivity contribution in [3.05, 3.63) is 46.0 Å². The molecule has 0 saturated carbocycles. The van der Waals surface area contributed by atoms with Gasteiger partial charge in [0.25, 0.3) is 0 Å². The van der Waals surface area contributed by atoms with Crippen LogP contribution in [0.1, 0.15) is 35.7 Å². The number of hydrogen-bond acceptors (Lipinski definition) is 2. The molecule has 0 fully saturated rings. The Bertz CT molecular complexity index is 555. The molecule has 2 N–H and O–H groups in total. The molecule has 82 valence electrons. The van der Waals surface area contributed by atoms with Crippen molar-refractivity contribution in [2.45, 2.75) is 25.2 Å². The Balaban J connectivity index is 2.08. The highest BCUT2D eigenvalue weighted by Gasteiger charge is 2.23. The first kappa shape index (κ1) is 9.78. The fourth-order valence-corrected chi connectivity index (χ4v) is 2.64. The molecule has 0 saturated heterocycles. The summed E-state index contributed by atoms with van der Waals surface area (Å²) in [4.78, 5) is 4.34. The van der Waals surface area contributed by atoms with Crippen molar-refractivity contribution in [3.8, 4) is 0 Å². The average molecular weight is 231 g/mol. The number of aromatic nitrogens is 3. The molecule has 0 aliphatic heterocycles. The van der Waals surface area contributed by atoms with E-state index in [4.69, 9.17) is 12.2 Å². The molecule has 4 heteroatoms. The third kappa shape index (κ3) is 1.59. The molecule has 3 rings (SSSR count). The normalized spacial score (nSPS) is 19.4. The van der Waals surface area contributed by atoms with Gasteiger partial charge < -0.3 is 0 Å². The van der Waals surface area contributed by atoms with Gasteiger partial charge in [-0.05, 0) is 42.6 Å². The van der Waals surface area contributed by atoms with Crippen LogP contribution >= 0.6 is 12.2 Å². The van der Waals surface area contributed by atoms with Crippen molar-refractivity contribution in [2.75, 3.05) is 0 Å². The lowest BCUT2D eigenvalue weighted by atomic mass is 9.82. The molecule has 1 aliphatic rings. The van der Waals surface area contributed by atoms with Gasteiger partial charge in [0.15, 0.2) is 0 Å². The maximum atomic E-state index is 5.00. The second-order valence-corrected chi connectivity index (χ2v) is 4.58. The van der Waals surface area contributed by atoms with E-state index in [9.17, 15) is 0 Å². The number of benzene rings is 1. The second-order valence-electron chi connectivity index (χ2n) is 4.20. The van der Waals surface area contributed by atoms with Gasteiger partial charge in [0, 0.05) is 5.92 Å². The van der Waals surface area contributed by atoms with Crippen molar-refractivity contribution < 1.29 is 0 Å². The van der Waals surface area contributed by atoms with Gasteiger partial charge in [-0.3, -0.25) is 10.2 Å². The van der Waals surface area contributed by atoms with Crippen LogP contribution in [0, 0.1) is 4.77 Å². The SMILES string of the molecule is S=c1nc(C2CCCc3ccccc32)[nH][nH]1. The maximum absolute atomic E-state index is 5.00. The van der Waals surface area contributed by atoms with E-state index in [-0.39, 0.29) is 0 Å². The van der Waals surface area contributed by atoms with Crippen molar-refractivity contribution >= 4 is 12.2 Å². The Labute approximate surface area is 98.9 Å². The van der Waals surface area contributed by atoms with Gasteiger partial charge in [0.1, 0.15) is 5.82 Å². The number of nitrogens with zero attached hydrogens (tertiary/aromatic N) is 1. The molecule has 1 aliphatic carbocycles. The minimum absolute atomic E-state index is 0.373. The van der Waals surface area contributed by atoms with E-state index in [0.29, 0.717) is 10.7 Å². The first-order valence-corrected chi connectivity index (χ1v) is 5.98. The van der Waals surface area contributed by atoms with Gasteiger partial charge >= 0.3 is 0 Å². The number of rotatable bonds is 1. The standard InChI is InChI=1S/C12H13N3S/c16-12-13-11(14-15-12)10-7-3-5-8-4-1-2-6-9(8)10/h1-2,4,6,10H,3,5,7H2,(H2,13,14,15,16). The molecule has 2 aromatic rings. The van der Waals surface area contributed by atoms with Gasteiger partial charge in [0.2, 0.25) is 4.77 Å². The van der Waals surface area contributed by atoms with Crippen molar-refractivity contribution in [2.24, 2.45) is 0 Å². The summed E-state index contributed by atoms with van der Waals surface area (Å²) in [5.74, 6) is 1.34. The Kier molecular flexibility index (Phi) is 2.36. The number of aryl methyl sites for hydroxylation is 1. The average Bonchev–Trinajstić information content (AvgIpc) is 2.75. The number of hydrogen-bond donors (Lipinski definition) is 2. The highest BCUT2D eigenvalue weighted by Crippen LogP contribution is 2.34. The summed E-state index contributed by atoms with van der Waals surface area (Å²) in [5.41, 5.74) is 2.84. The number of nitrogens with one attached hydrogen (secondary N) is 2. The molecule has 1 atom stereocenters. The lowest BCUT2D eigenvalue weighted by Crippen LogP contribution is -2.12. The van der Waals surface area contributed by atoms with E-state index in [0.717, 1.165) is 12.2 Å². The highest BCUT2D eigenvalue weighted by atomic mass is 32.1. The van der Waals surface area contributed by atoms with Crippen LogP contribution in [0.4, 0.5) is 0 Å². The van der Waals surface area contributed by atoms with Gasteiger partial charge in [-0.15, -0.1) is 0 Å². The summed E-state index contributed by atoms with van der Waals surface area (Å²) in [7, 11) is 0. The third-order valence-corrected chi connectivity index (χ3v) is 3.41. The first-order valence-electron chi connectivity index (χ1n) is 5.57. The van der Waals surface area contributed by atoms with Crippen molar-refractivity contribution in [1.29, 1.82) is 0 Å². The van der Waals surface area contributed by atoms with Crippen molar-refractivity contribution in [1.82, 2.24) is 15.2 Å². The van der Waals surface area contributed by atoms with E-state index in [2.05, 4.69) is 39.4 Å². The molecule has 3 nitrogen and oxygen atoms in total. The van der Waals surface area contributed by atoms with Crippen LogP contribution in [0.5, 0.6) is 0 Å². The number of H-pyrrole nitrogens is 2. The molecule has 1 unspecified atom stereocenters. The van der Waals surface area contributed by atoms with E-state index >= 15 is 0 Å². The zero-order valence-electron chi connectivity index (χ0n) is 8.86. The Morgan fingerprint density at radius 3 is 2.94 bits per heavy atom. The fourth-order valence-electron chi connectivity index (χ4n) is 2.49. The predicted octanol–water partition coefficient (Wildman–Crippen LogP) is 2.94. The lowest BCUT2D eigenvalue weighted by Gasteiger charge is -2.23. The molecule has 1 heterocycles. The lowest BCUT2D eigenvalue weighted by molar-refractivity contribution is 0.592. The predicted molar refractivity (Wildman–Crippen MR) is 65.0 cm³/mol. The van der Waals surface area contributed by atoms with Crippen LogP contribution < -0.4 is 0 Å².